The van der Waals surface area contributed by atoms with Crippen LogP contribution in [0.25, 0.3) is 0 Å². The van der Waals surface area contributed by atoms with Crippen molar-refractivity contribution in [1.29, 1.82) is 0 Å². The van der Waals surface area contributed by atoms with Gasteiger partial charge in [-0.1, -0.05) is 11.6 Å². The van der Waals surface area contributed by atoms with E-state index in [1.54, 1.807) is 25.1 Å². The van der Waals surface area contributed by atoms with Crippen LogP contribution >= 0.6 is 11.6 Å². The summed E-state index contributed by atoms with van der Waals surface area (Å²) in [6, 6.07) is 7.73. The minimum Gasteiger partial charge on any atom is -0.495 e. The molecule has 6 heteroatoms. The van der Waals surface area contributed by atoms with Gasteiger partial charge in [-0.25, -0.2) is 4.68 Å². The van der Waals surface area contributed by atoms with Gasteiger partial charge in [-0.15, -0.1) is 0 Å². The molecule has 1 aromatic carbocycles. The molecule has 1 aromatic heterocycles. The van der Waals surface area contributed by atoms with E-state index in [0.717, 1.165) is 4.68 Å². The van der Waals surface area contributed by atoms with Crippen LogP contribution in [0.5, 0.6) is 5.75 Å². The number of hydrogen-bond acceptors (Lipinski definition) is 4. The van der Waals surface area contributed by atoms with Crippen molar-refractivity contribution in [3.8, 4) is 5.75 Å². The van der Waals surface area contributed by atoms with E-state index in [0.29, 0.717) is 22.0 Å². The van der Waals surface area contributed by atoms with Gasteiger partial charge in [0.05, 0.1) is 17.8 Å². The zero-order chi connectivity index (χ0) is 14.7. The molecule has 2 rings (SSSR count). The van der Waals surface area contributed by atoms with Crippen LogP contribution in [0.15, 0.2) is 35.1 Å². The Labute approximate surface area is 120 Å². The predicted molar refractivity (Wildman–Crippen MR) is 75.6 cm³/mol. The van der Waals surface area contributed by atoms with Crippen molar-refractivity contribution >= 4 is 17.4 Å². The van der Waals surface area contributed by atoms with Gasteiger partial charge in [0.2, 0.25) is 0 Å². The number of rotatable bonds is 4. The van der Waals surface area contributed by atoms with Crippen molar-refractivity contribution in [1.82, 2.24) is 9.78 Å². The first-order valence-corrected chi connectivity index (χ1v) is 6.30. The Morgan fingerprint density at radius 2 is 2.10 bits per heavy atom. The Morgan fingerprint density at radius 1 is 1.35 bits per heavy atom. The summed E-state index contributed by atoms with van der Waals surface area (Å²) in [6.45, 7) is 1.63. The average molecular weight is 293 g/mol. The summed E-state index contributed by atoms with van der Waals surface area (Å²) in [5.41, 5.74) is 0.764. The molecule has 0 amide bonds. The van der Waals surface area contributed by atoms with E-state index in [9.17, 15) is 9.59 Å². The number of Topliss-reactive ketones (excluding diaryl/α,β-unsaturated/α-hetero) is 1. The molecule has 0 radical (unpaired) electrons. The maximum atomic E-state index is 12.1. The Hall–Kier alpha value is -2.14. The molecule has 0 saturated carbocycles. The molecule has 20 heavy (non-hydrogen) atoms. The van der Waals surface area contributed by atoms with E-state index < -0.39 is 0 Å². The number of carbonyl (C=O) groups excluding carboxylic acids is 1. The quantitative estimate of drug-likeness (QED) is 0.810. The number of carbonyl (C=O) groups is 1. The van der Waals surface area contributed by atoms with Crippen molar-refractivity contribution in [2.75, 3.05) is 7.11 Å². The third-order valence-corrected chi connectivity index (χ3v) is 3.06. The number of aromatic nitrogens is 2. The van der Waals surface area contributed by atoms with E-state index in [4.69, 9.17) is 16.3 Å². The summed E-state index contributed by atoms with van der Waals surface area (Å²) >= 11 is 5.97. The summed E-state index contributed by atoms with van der Waals surface area (Å²) in [7, 11) is 1.50. The molecule has 0 aliphatic heterocycles. The van der Waals surface area contributed by atoms with E-state index >= 15 is 0 Å². The molecule has 0 N–H and O–H groups in total. The zero-order valence-electron chi connectivity index (χ0n) is 11.1. The molecule has 0 atom stereocenters. The van der Waals surface area contributed by atoms with Crippen LogP contribution in [-0.4, -0.2) is 22.7 Å². The second-order valence-electron chi connectivity index (χ2n) is 4.24. The van der Waals surface area contributed by atoms with Crippen molar-refractivity contribution in [3.63, 3.8) is 0 Å². The van der Waals surface area contributed by atoms with Gasteiger partial charge in [-0.2, -0.15) is 5.10 Å². The molecule has 0 saturated heterocycles. The number of benzene rings is 1. The van der Waals surface area contributed by atoms with Crippen LogP contribution in [0.3, 0.4) is 0 Å². The van der Waals surface area contributed by atoms with E-state index in [1.807, 2.05) is 0 Å². The first-order chi connectivity index (χ1) is 9.51. The highest BCUT2D eigenvalue weighted by Gasteiger charge is 2.11. The monoisotopic (exact) mass is 292 g/mol. The van der Waals surface area contributed by atoms with Crippen molar-refractivity contribution in [3.05, 3.63) is 57.0 Å². The smallest absolute Gasteiger partial charge is 0.267 e. The molecule has 0 bridgehead atoms. The topological polar surface area (TPSA) is 61.2 Å². The maximum absolute atomic E-state index is 12.1. The molecule has 0 fully saturated rings. The van der Waals surface area contributed by atoms with Crippen LogP contribution in [0, 0.1) is 6.92 Å². The zero-order valence-corrected chi connectivity index (χ0v) is 11.8. The van der Waals surface area contributed by atoms with Crippen molar-refractivity contribution < 1.29 is 9.53 Å². The van der Waals surface area contributed by atoms with E-state index in [-0.39, 0.29) is 17.9 Å². The van der Waals surface area contributed by atoms with Crippen LogP contribution in [-0.2, 0) is 6.54 Å². The van der Waals surface area contributed by atoms with Crippen LogP contribution < -0.4 is 10.3 Å². The Kier molecular flexibility index (Phi) is 4.20. The summed E-state index contributed by atoms with van der Waals surface area (Å²) in [4.78, 5) is 23.7. The number of nitrogens with zero attached hydrogens (tertiary/aromatic N) is 2. The molecule has 0 spiro atoms. The first kappa shape index (κ1) is 14.3. The summed E-state index contributed by atoms with van der Waals surface area (Å²) in [5, 5.41) is 4.37. The second-order valence-corrected chi connectivity index (χ2v) is 4.65. The lowest BCUT2D eigenvalue weighted by molar-refractivity contribution is 0.0965. The highest BCUT2D eigenvalue weighted by atomic mass is 35.5. The fourth-order valence-electron chi connectivity index (χ4n) is 1.73. The number of ether oxygens (including phenoxy) is 1. The molecular formula is C14H13ClN2O3. The minimum absolute atomic E-state index is 0.122. The predicted octanol–water partition coefficient (Wildman–Crippen LogP) is 2.10. The minimum atomic E-state index is -0.316. The summed E-state index contributed by atoms with van der Waals surface area (Å²) < 4.78 is 6.16. The van der Waals surface area contributed by atoms with Crippen LogP contribution in [0.4, 0.5) is 0 Å². The van der Waals surface area contributed by atoms with Gasteiger partial charge in [0, 0.05) is 11.6 Å². The highest BCUT2D eigenvalue weighted by Crippen LogP contribution is 2.25. The SMILES string of the molecule is COc1ccc(C(=O)Cn2nc(C)ccc2=O)cc1Cl. The molecular weight excluding hydrogens is 280 g/mol. The average Bonchev–Trinajstić information content (AvgIpc) is 2.42. The molecule has 0 aliphatic rings. The molecule has 1 heterocycles. The van der Waals surface area contributed by atoms with E-state index in [2.05, 4.69) is 5.10 Å². The van der Waals surface area contributed by atoms with Crippen LogP contribution in [0.1, 0.15) is 16.1 Å². The fourth-order valence-corrected chi connectivity index (χ4v) is 1.99. The number of methoxy groups -OCH3 is 1. The third-order valence-electron chi connectivity index (χ3n) is 2.77. The van der Waals surface area contributed by atoms with Crippen LogP contribution in [0.2, 0.25) is 5.02 Å². The molecule has 2 aromatic rings. The Morgan fingerprint density at radius 3 is 2.75 bits per heavy atom. The van der Waals surface area contributed by atoms with Gasteiger partial charge in [-0.05, 0) is 31.2 Å². The maximum Gasteiger partial charge on any atom is 0.267 e. The van der Waals surface area contributed by atoms with Crippen molar-refractivity contribution in [2.24, 2.45) is 0 Å². The number of hydrogen-bond donors (Lipinski definition) is 0. The Bertz CT molecular complexity index is 710. The first-order valence-electron chi connectivity index (χ1n) is 5.93. The second kappa shape index (κ2) is 5.88. The Balaban J connectivity index is 2.26. The van der Waals surface area contributed by atoms with Gasteiger partial charge in [0.15, 0.2) is 5.78 Å². The normalized spacial score (nSPS) is 10.3. The van der Waals surface area contributed by atoms with Gasteiger partial charge >= 0.3 is 0 Å². The third kappa shape index (κ3) is 3.05. The van der Waals surface area contributed by atoms with Crippen molar-refractivity contribution in [2.45, 2.75) is 13.5 Å². The van der Waals surface area contributed by atoms with Gasteiger partial charge < -0.3 is 4.74 Å². The lowest BCUT2D eigenvalue weighted by Gasteiger charge is -2.07. The van der Waals surface area contributed by atoms with Gasteiger partial charge in [0.25, 0.3) is 5.56 Å². The molecule has 104 valence electrons. The lowest BCUT2D eigenvalue weighted by Crippen LogP contribution is -2.26. The lowest BCUT2D eigenvalue weighted by atomic mass is 10.1. The molecule has 5 nitrogen and oxygen atoms in total. The van der Waals surface area contributed by atoms with E-state index in [1.165, 1.54) is 19.2 Å². The number of halogens is 1. The number of aryl methyl sites for hydroxylation is 1. The molecule has 0 unspecified atom stereocenters. The summed E-state index contributed by atoms with van der Waals surface area (Å²) in [6.07, 6.45) is 0. The fraction of sp³-hybridized carbons (Fsp3) is 0.214. The standard InChI is InChI=1S/C14H13ClN2O3/c1-9-3-6-14(19)17(16-9)8-12(18)10-4-5-13(20-2)11(15)7-10/h3-7H,8H2,1-2H3. The number of ketones is 1. The summed E-state index contributed by atoms with van der Waals surface area (Å²) in [5.74, 6) is 0.254. The largest absolute Gasteiger partial charge is 0.495 e. The molecule has 0 aliphatic carbocycles. The van der Waals surface area contributed by atoms with Gasteiger partial charge in [-0.3, -0.25) is 9.59 Å². The highest BCUT2D eigenvalue weighted by molar-refractivity contribution is 6.32. The van der Waals surface area contributed by atoms with Gasteiger partial charge in [0.1, 0.15) is 12.3 Å².